The van der Waals surface area contributed by atoms with Crippen LogP contribution in [0.25, 0.3) is 6.08 Å². The molecule has 9 heteroatoms. The lowest BCUT2D eigenvalue weighted by atomic mass is 10.1. The molecule has 0 saturated carbocycles. The lowest BCUT2D eigenvalue weighted by molar-refractivity contribution is -0.384. The topological polar surface area (TPSA) is 94.3 Å². The highest BCUT2D eigenvalue weighted by Crippen LogP contribution is 2.37. The lowest BCUT2D eigenvalue weighted by Crippen LogP contribution is -2.28. The molecule has 0 atom stereocenters. The maximum atomic E-state index is 13.5. The number of methoxy groups -OCH3 is 1. The van der Waals surface area contributed by atoms with Crippen LogP contribution in [0.1, 0.15) is 16.7 Å². The molecular formula is C31H25N3O5S. The molecule has 1 amide bonds. The summed E-state index contributed by atoms with van der Waals surface area (Å²) in [5, 5.41) is 11.5. The number of non-ortho nitro benzene ring substituents is 1. The van der Waals surface area contributed by atoms with E-state index in [4.69, 9.17) is 14.5 Å². The lowest BCUT2D eigenvalue weighted by Gasteiger charge is -2.15. The Labute approximate surface area is 235 Å². The van der Waals surface area contributed by atoms with Crippen LogP contribution in [0.15, 0.2) is 113 Å². The predicted octanol–water partition coefficient (Wildman–Crippen LogP) is 6.99. The highest BCUT2D eigenvalue weighted by molar-refractivity contribution is 8.18. The van der Waals surface area contributed by atoms with Crippen LogP contribution < -0.4 is 9.47 Å². The van der Waals surface area contributed by atoms with Crippen molar-refractivity contribution in [3.05, 3.63) is 135 Å². The molecule has 0 unspecified atom stereocenters. The van der Waals surface area contributed by atoms with Crippen molar-refractivity contribution < 1.29 is 19.2 Å². The van der Waals surface area contributed by atoms with Gasteiger partial charge in [0.1, 0.15) is 6.61 Å². The minimum absolute atomic E-state index is 0.0253. The minimum atomic E-state index is -0.439. The third kappa shape index (κ3) is 6.39. The summed E-state index contributed by atoms with van der Waals surface area (Å²) in [5.74, 6) is 0.900. The molecule has 200 valence electrons. The fourth-order valence-corrected chi connectivity index (χ4v) is 5.03. The molecule has 4 aromatic carbocycles. The predicted molar refractivity (Wildman–Crippen MR) is 157 cm³/mol. The molecule has 0 radical (unpaired) electrons. The SMILES string of the molecule is COc1cc(/C=C2/SC(=Nc3ccccc3)N(Cc3ccccc3)C2=O)ccc1OCc1ccc([N+](=O)[O-])cc1. The van der Waals surface area contributed by atoms with Crippen LogP contribution in [0.4, 0.5) is 11.4 Å². The van der Waals surface area contributed by atoms with E-state index in [1.807, 2.05) is 72.8 Å². The molecule has 0 N–H and O–H groups in total. The van der Waals surface area contributed by atoms with E-state index in [2.05, 4.69) is 0 Å². The zero-order valence-electron chi connectivity index (χ0n) is 21.6. The van der Waals surface area contributed by atoms with Crippen molar-refractivity contribution in [3.8, 4) is 11.5 Å². The average Bonchev–Trinajstić information content (AvgIpc) is 3.26. The number of benzene rings is 4. The Morgan fingerprint density at radius 1 is 0.900 bits per heavy atom. The largest absolute Gasteiger partial charge is 0.493 e. The second-order valence-electron chi connectivity index (χ2n) is 8.84. The van der Waals surface area contributed by atoms with Crippen LogP contribution in [0, 0.1) is 10.1 Å². The Balaban J connectivity index is 1.37. The van der Waals surface area contributed by atoms with Crippen LogP contribution in [0.5, 0.6) is 11.5 Å². The van der Waals surface area contributed by atoms with E-state index in [1.54, 1.807) is 36.3 Å². The molecule has 0 spiro atoms. The van der Waals surface area contributed by atoms with Crippen molar-refractivity contribution in [3.63, 3.8) is 0 Å². The molecule has 1 heterocycles. The van der Waals surface area contributed by atoms with Gasteiger partial charge in [-0.3, -0.25) is 19.8 Å². The van der Waals surface area contributed by atoms with Crippen molar-refractivity contribution in [2.75, 3.05) is 7.11 Å². The molecule has 0 aromatic heterocycles. The summed E-state index contributed by atoms with van der Waals surface area (Å²) in [7, 11) is 1.55. The number of para-hydroxylation sites is 1. The van der Waals surface area contributed by atoms with Crippen LogP contribution in [-0.4, -0.2) is 28.0 Å². The number of hydrogen-bond donors (Lipinski definition) is 0. The van der Waals surface area contributed by atoms with Crippen molar-refractivity contribution in [1.29, 1.82) is 0 Å². The number of rotatable bonds is 9. The Hall–Kier alpha value is -4.89. The molecule has 1 saturated heterocycles. The molecule has 1 aliphatic rings. The van der Waals surface area contributed by atoms with Gasteiger partial charge in [-0.15, -0.1) is 0 Å². The van der Waals surface area contributed by atoms with Crippen molar-refractivity contribution >= 4 is 40.3 Å². The van der Waals surface area contributed by atoms with Gasteiger partial charge in [-0.2, -0.15) is 0 Å². The van der Waals surface area contributed by atoms with Gasteiger partial charge in [0.2, 0.25) is 0 Å². The van der Waals surface area contributed by atoms with Gasteiger partial charge in [0.15, 0.2) is 16.7 Å². The fourth-order valence-electron chi connectivity index (χ4n) is 4.03. The number of hydrogen-bond acceptors (Lipinski definition) is 7. The Morgan fingerprint density at radius 3 is 2.27 bits per heavy atom. The molecule has 1 aliphatic heterocycles. The standard InChI is InChI=1S/C31H25N3O5S/c1-38-28-18-24(14-17-27(28)39-21-23-12-15-26(16-13-23)34(36)37)19-29-30(35)33(20-22-8-4-2-5-9-22)31(40-29)32-25-10-6-3-7-11-25/h2-19H,20-21H2,1H3/b29-19+,32-31?. The first-order valence-corrected chi connectivity index (χ1v) is 13.2. The first kappa shape index (κ1) is 26.7. The highest BCUT2D eigenvalue weighted by atomic mass is 32.2. The smallest absolute Gasteiger partial charge is 0.269 e. The molecule has 1 fully saturated rings. The number of aliphatic imine (C=N–C) groups is 1. The Bertz CT molecular complexity index is 1570. The summed E-state index contributed by atoms with van der Waals surface area (Å²) < 4.78 is 11.5. The van der Waals surface area contributed by atoms with Crippen LogP contribution in [0.2, 0.25) is 0 Å². The normalized spacial score (nSPS) is 15.0. The molecule has 4 aromatic rings. The third-order valence-corrected chi connectivity index (χ3v) is 7.09. The molecule has 0 aliphatic carbocycles. The number of nitro groups is 1. The second-order valence-corrected chi connectivity index (χ2v) is 9.85. The Morgan fingerprint density at radius 2 is 1.60 bits per heavy atom. The van der Waals surface area contributed by atoms with Crippen LogP contribution >= 0.6 is 11.8 Å². The number of carbonyl (C=O) groups excluding carboxylic acids is 1. The monoisotopic (exact) mass is 551 g/mol. The van der Waals surface area contributed by atoms with E-state index in [-0.39, 0.29) is 18.2 Å². The molecule has 8 nitrogen and oxygen atoms in total. The van der Waals surface area contributed by atoms with E-state index in [1.165, 1.54) is 23.9 Å². The van der Waals surface area contributed by atoms with E-state index in [9.17, 15) is 14.9 Å². The van der Waals surface area contributed by atoms with Gasteiger partial charge in [-0.25, -0.2) is 4.99 Å². The van der Waals surface area contributed by atoms with E-state index >= 15 is 0 Å². The van der Waals surface area contributed by atoms with Crippen molar-refractivity contribution in [1.82, 2.24) is 4.90 Å². The van der Waals surface area contributed by atoms with Gasteiger partial charge in [-0.05, 0) is 70.9 Å². The number of amidine groups is 1. The van der Waals surface area contributed by atoms with Crippen molar-refractivity contribution in [2.45, 2.75) is 13.2 Å². The van der Waals surface area contributed by atoms with Gasteiger partial charge < -0.3 is 9.47 Å². The summed E-state index contributed by atoms with van der Waals surface area (Å²) in [4.78, 5) is 30.9. The highest BCUT2D eigenvalue weighted by Gasteiger charge is 2.33. The molecule has 0 bridgehead atoms. The van der Waals surface area contributed by atoms with E-state index < -0.39 is 4.92 Å². The van der Waals surface area contributed by atoms with Gasteiger partial charge in [0, 0.05) is 12.1 Å². The fraction of sp³-hybridized carbons (Fsp3) is 0.0968. The number of ether oxygens (including phenoxy) is 2. The second kappa shape index (κ2) is 12.3. The quantitative estimate of drug-likeness (QED) is 0.126. The van der Waals surface area contributed by atoms with Gasteiger partial charge in [0.05, 0.1) is 29.2 Å². The number of thioether (sulfide) groups is 1. The van der Waals surface area contributed by atoms with Gasteiger partial charge in [0.25, 0.3) is 11.6 Å². The van der Waals surface area contributed by atoms with E-state index in [0.29, 0.717) is 28.1 Å². The maximum Gasteiger partial charge on any atom is 0.269 e. The van der Waals surface area contributed by atoms with E-state index in [0.717, 1.165) is 22.4 Å². The summed E-state index contributed by atoms with van der Waals surface area (Å²) in [6.07, 6.45) is 1.82. The average molecular weight is 552 g/mol. The number of amides is 1. The maximum absolute atomic E-state index is 13.5. The van der Waals surface area contributed by atoms with Crippen LogP contribution in [-0.2, 0) is 17.9 Å². The first-order chi connectivity index (χ1) is 19.5. The van der Waals surface area contributed by atoms with Crippen LogP contribution in [0.3, 0.4) is 0 Å². The zero-order valence-corrected chi connectivity index (χ0v) is 22.4. The first-order valence-electron chi connectivity index (χ1n) is 12.4. The summed E-state index contributed by atoms with van der Waals surface area (Å²) in [6, 6.07) is 31.0. The Kier molecular flexibility index (Phi) is 8.22. The molecular weight excluding hydrogens is 526 g/mol. The third-order valence-electron chi connectivity index (χ3n) is 6.08. The summed E-state index contributed by atoms with van der Waals surface area (Å²) >= 11 is 1.33. The minimum Gasteiger partial charge on any atom is -0.493 e. The number of nitro benzene ring substituents is 1. The summed E-state index contributed by atoms with van der Waals surface area (Å²) in [6.45, 7) is 0.630. The van der Waals surface area contributed by atoms with Gasteiger partial charge in [-0.1, -0.05) is 54.6 Å². The molecule has 5 rings (SSSR count). The number of nitrogens with zero attached hydrogens (tertiary/aromatic N) is 3. The van der Waals surface area contributed by atoms with Crippen molar-refractivity contribution in [2.24, 2.45) is 4.99 Å². The summed E-state index contributed by atoms with van der Waals surface area (Å²) in [5.41, 5.74) is 3.37. The van der Waals surface area contributed by atoms with Gasteiger partial charge >= 0.3 is 0 Å². The number of carbonyl (C=O) groups is 1. The molecule has 40 heavy (non-hydrogen) atoms. The zero-order chi connectivity index (χ0) is 27.9.